The van der Waals surface area contributed by atoms with Gasteiger partial charge >= 0.3 is 5.97 Å². The summed E-state index contributed by atoms with van der Waals surface area (Å²) in [5, 5.41) is 0. The zero-order valence-corrected chi connectivity index (χ0v) is 10.7. The summed E-state index contributed by atoms with van der Waals surface area (Å²) in [4.78, 5) is 14.9. The molecular formula is C10H10F2INO2. The maximum absolute atomic E-state index is 12.4. The van der Waals surface area contributed by atoms with Gasteiger partial charge in [-0.25, -0.2) is 8.78 Å². The van der Waals surface area contributed by atoms with Crippen molar-refractivity contribution in [3.05, 3.63) is 27.1 Å². The van der Waals surface area contributed by atoms with E-state index in [1.807, 2.05) is 22.6 Å². The van der Waals surface area contributed by atoms with Crippen LogP contribution in [-0.4, -0.2) is 17.6 Å². The standard InChI is InChI=1S/C10H10F2INO2/c1-2-16-9(15)5-7-3-6(13)4-8(14-7)10(11)12/h3-4,10H,2,5H2,1H3. The van der Waals surface area contributed by atoms with Crippen LogP contribution in [0.15, 0.2) is 12.1 Å². The number of alkyl halides is 2. The number of hydrogen-bond acceptors (Lipinski definition) is 3. The number of halogens is 3. The minimum absolute atomic E-state index is 0.0790. The third-order valence-corrected chi connectivity index (χ3v) is 2.34. The second kappa shape index (κ2) is 6.07. The van der Waals surface area contributed by atoms with Crippen LogP contribution in [0.25, 0.3) is 0 Å². The van der Waals surface area contributed by atoms with Gasteiger partial charge in [0.1, 0.15) is 5.69 Å². The Balaban J connectivity index is 2.84. The molecule has 0 fully saturated rings. The van der Waals surface area contributed by atoms with Crippen molar-refractivity contribution in [1.29, 1.82) is 0 Å². The van der Waals surface area contributed by atoms with Crippen molar-refractivity contribution in [2.45, 2.75) is 19.8 Å². The van der Waals surface area contributed by atoms with Crippen molar-refractivity contribution < 1.29 is 18.3 Å². The van der Waals surface area contributed by atoms with Gasteiger partial charge < -0.3 is 4.74 Å². The third-order valence-electron chi connectivity index (χ3n) is 1.72. The van der Waals surface area contributed by atoms with Gasteiger partial charge in [0.05, 0.1) is 18.7 Å². The minimum Gasteiger partial charge on any atom is -0.466 e. The van der Waals surface area contributed by atoms with Crippen molar-refractivity contribution in [2.75, 3.05) is 6.61 Å². The summed E-state index contributed by atoms with van der Waals surface area (Å²) in [6.07, 6.45) is -2.71. The second-order valence-corrected chi connectivity index (χ2v) is 4.23. The Bertz CT molecular complexity index is 385. The number of carbonyl (C=O) groups is 1. The van der Waals surface area contributed by atoms with E-state index in [9.17, 15) is 13.6 Å². The first-order valence-electron chi connectivity index (χ1n) is 4.63. The van der Waals surface area contributed by atoms with Gasteiger partial charge in [-0.15, -0.1) is 0 Å². The molecule has 16 heavy (non-hydrogen) atoms. The van der Waals surface area contributed by atoms with Gasteiger partial charge in [0.25, 0.3) is 6.43 Å². The molecule has 0 bridgehead atoms. The normalized spacial score (nSPS) is 10.6. The van der Waals surface area contributed by atoms with Gasteiger partial charge in [-0.2, -0.15) is 0 Å². The quantitative estimate of drug-likeness (QED) is 0.625. The Morgan fingerprint density at radius 1 is 1.56 bits per heavy atom. The molecule has 1 aromatic rings. The van der Waals surface area contributed by atoms with E-state index < -0.39 is 12.4 Å². The summed E-state index contributed by atoms with van der Waals surface area (Å²) in [7, 11) is 0. The molecule has 0 aliphatic heterocycles. The molecule has 0 aliphatic rings. The summed E-state index contributed by atoms with van der Waals surface area (Å²) in [6.45, 7) is 1.95. The third kappa shape index (κ3) is 3.99. The summed E-state index contributed by atoms with van der Waals surface area (Å²) >= 11 is 1.91. The molecule has 3 nitrogen and oxygen atoms in total. The van der Waals surface area contributed by atoms with Crippen molar-refractivity contribution in [3.63, 3.8) is 0 Å². The molecule has 0 amide bonds. The first-order chi connectivity index (χ1) is 7.52. The van der Waals surface area contributed by atoms with Gasteiger partial charge in [-0.05, 0) is 41.6 Å². The summed E-state index contributed by atoms with van der Waals surface area (Å²) in [5.74, 6) is -0.461. The highest BCUT2D eigenvalue weighted by Gasteiger charge is 2.13. The fourth-order valence-corrected chi connectivity index (χ4v) is 1.81. The molecule has 1 rings (SSSR count). The van der Waals surface area contributed by atoms with Crippen molar-refractivity contribution in [2.24, 2.45) is 0 Å². The molecule has 0 saturated carbocycles. The van der Waals surface area contributed by atoms with Gasteiger partial charge in [-0.3, -0.25) is 9.78 Å². The van der Waals surface area contributed by atoms with Crippen molar-refractivity contribution in [3.8, 4) is 0 Å². The minimum atomic E-state index is -2.63. The largest absolute Gasteiger partial charge is 0.466 e. The Labute approximate surface area is 105 Å². The predicted octanol–water partition coefficient (Wildman–Crippen LogP) is 2.73. The maximum atomic E-state index is 12.4. The Hall–Kier alpha value is -0.790. The lowest BCUT2D eigenvalue weighted by Crippen LogP contribution is -2.10. The van der Waals surface area contributed by atoms with E-state index in [0.29, 0.717) is 9.26 Å². The number of ether oxygens (including phenoxy) is 1. The zero-order chi connectivity index (χ0) is 12.1. The highest BCUT2D eigenvalue weighted by atomic mass is 127. The van der Waals surface area contributed by atoms with Crippen LogP contribution in [-0.2, 0) is 16.0 Å². The number of pyridine rings is 1. The van der Waals surface area contributed by atoms with E-state index >= 15 is 0 Å². The van der Waals surface area contributed by atoms with Crippen LogP contribution in [0.1, 0.15) is 24.7 Å². The van der Waals surface area contributed by atoms with Crippen LogP contribution >= 0.6 is 22.6 Å². The SMILES string of the molecule is CCOC(=O)Cc1cc(I)cc(C(F)F)n1. The smallest absolute Gasteiger partial charge is 0.311 e. The highest BCUT2D eigenvalue weighted by Crippen LogP contribution is 2.19. The molecule has 6 heteroatoms. The molecule has 0 radical (unpaired) electrons. The lowest BCUT2D eigenvalue weighted by atomic mass is 10.2. The molecule has 1 aromatic heterocycles. The van der Waals surface area contributed by atoms with Crippen LogP contribution < -0.4 is 0 Å². The van der Waals surface area contributed by atoms with E-state index in [1.165, 1.54) is 6.07 Å². The number of hydrogen-bond donors (Lipinski definition) is 0. The fraction of sp³-hybridized carbons (Fsp3) is 0.400. The number of rotatable bonds is 4. The lowest BCUT2D eigenvalue weighted by molar-refractivity contribution is -0.142. The van der Waals surface area contributed by atoms with Gasteiger partial charge in [0, 0.05) is 3.57 Å². The second-order valence-electron chi connectivity index (χ2n) is 2.98. The molecular weight excluding hydrogens is 331 g/mol. The Kier molecular flexibility index (Phi) is 5.04. The van der Waals surface area contributed by atoms with Gasteiger partial charge in [0.15, 0.2) is 0 Å². The molecule has 1 heterocycles. The van der Waals surface area contributed by atoms with E-state index in [-0.39, 0.29) is 18.7 Å². The van der Waals surface area contributed by atoms with Crippen LogP contribution in [0.4, 0.5) is 8.78 Å². The molecule has 88 valence electrons. The predicted molar refractivity (Wildman–Crippen MR) is 62.2 cm³/mol. The Morgan fingerprint density at radius 3 is 2.81 bits per heavy atom. The molecule has 0 atom stereocenters. The molecule has 0 aromatic carbocycles. The van der Waals surface area contributed by atoms with Crippen LogP contribution in [0.2, 0.25) is 0 Å². The van der Waals surface area contributed by atoms with Gasteiger partial charge in [-0.1, -0.05) is 0 Å². The number of aromatic nitrogens is 1. The summed E-state index contributed by atoms with van der Waals surface area (Å²) in [6, 6.07) is 2.88. The first kappa shape index (κ1) is 13.3. The summed E-state index contributed by atoms with van der Waals surface area (Å²) < 4.78 is 30.2. The van der Waals surface area contributed by atoms with E-state index in [2.05, 4.69) is 4.98 Å². The number of nitrogens with zero attached hydrogens (tertiary/aromatic N) is 1. The van der Waals surface area contributed by atoms with Crippen molar-refractivity contribution >= 4 is 28.6 Å². The van der Waals surface area contributed by atoms with E-state index in [1.54, 1.807) is 13.0 Å². The topological polar surface area (TPSA) is 39.2 Å². The maximum Gasteiger partial charge on any atom is 0.311 e. The lowest BCUT2D eigenvalue weighted by Gasteiger charge is -2.05. The molecule has 0 spiro atoms. The van der Waals surface area contributed by atoms with E-state index in [4.69, 9.17) is 4.74 Å². The van der Waals surface area contributed by atoms with Crippen LogP contribution in [0, 0.1) is 3.57 Å². The molecule has 0 N–H and O–H groups in total. The van der Waals surface area contributed by atoms with Crippen LogP contribution in [0.5, 0.6) is 0 Å². The van der Waals surface area contributed by atoms with Crippen molar-refractivity contribution in [1.82, 2.24) is 4.98 Å². The zero-order valence-electron chi connectivity index (χ0n) is 8.54. The Morgan fingerprint density at radius 2 is 2.25 bits per heavy atom. The summed E-state index contributed by atoms with van der Waals surface area (Å²) in [5.41, 5.74) is -0.00755. The monoisotopic (exact) mass is 341 g/mol. The molecule has 0 unspecified atom stereocenters. The molecule has 0 aliphatic carbocycles. The van der Waals surface area contributed by atoms with Gasteiger partial charge in [0.2, 0.25) is 0 Å². The fourth-order valence-electron chi connectivity index (χ4n) is 1.13. The molecule has 0 saturated heterocycles. The average molecular weight is 341 g/mol. The first-order valence-corrected chi connectivity index (χ1v) is 5.71. The number of esters is 1. The number of carbonyl (C=O) groups excluding carboxylic acids is 1. The van der Waals surface area contributed by atoms with E-state index in [0.717, 1.165) is 0 Å². The highest BCUT2D eigenvalue weighted by molar-refractivity contribution is 14.1. The van der Waals surface area contributed by atoms with Crippen LogP contribution in [0.3, 0.4) is 0 Å². The average Bonchev–Trinajstić information content (AvgIpc) is 2.16.